The lowest BCUT2D eigenvalue weighted by molar-refractivity contribution is 0.213. The molecule has 0 fully saturated rings. The van der Waals surface area contributed by atoms with Crippen molar-refractivity contribution in [3.8, 4) is 0 Å². The fourth-order valence-corrected chi connectivity index (χ4v) is 3.54. The number of amides is 2. The molecule has 1 aromatic rings. The number of aromatic nitrogens is 1. The molecule has 0 aliphatic heterocycles. The fourth-order valence-electron chi connectivity index (χ4n) is 2.51. The van der Waals surface area contributed by atoms with Crippen LogP contribution < -0.4 is 5.32 Å². The van der Waals surface area contributed by atoms with Gasteiger partial charge in [0.05, 0.1) is 5.69 Å². The van der Waals surface area contributed by atoms with Crippen LogP contribution in [0.4, 0.5) is 9.93 Å². The molecule has 1 aliphatic carbocycles. The number of rotatable bonds is 5. The molecule has 0 atom stereocenters. The molecule has 0 saturated carbocycles. The molecule has 0 bridgehead atoms. The third-order valence-corrected chi connectivity index (χ3v) is 4.83. The summed E-state index contributed by atoms with van der Waals surface area (Å²) in [6.07, 6.45) is 8.11. The topological polar surface area (TPSA) is 45.2 Å². The Bertz CT molecular complexity index is 421. The number of unbranched alkanes of at least 4 members (excludes halogenated alkanes) is 1. The number of carbonyl (C=O) groups is 1. The number of anilines is 1. The van der Waals surface area contributed by atoms with Crippen molar-refractivity contribution in [3.05, 3.63) is 10.6 Å². The van der Waals surface area contributed by atoms with Gasteiger partial charge in [-0.05, 0) is 39.0 Å². The van der Waals surface area contributed by atoms with E-state index in [-0.39, 0.29) is 6.03 Å². The first-order chi connectivity index (χ1) is 9.74. The molecular formula is C15H25N3OS. The van der Waals surface area contributed by atoms with Crippen molar-refractivity contribution in [2.24, 2.45) is 0 Å². The Morgan fingerprint density at radius 2 is 2.10 bits per heavy atom. The predicted molar refractivity (Wildman–Crippen MR) is 84.5 cm³/mol. The standard InChI is InChI=1S/C15H25N3OS/c1-3-5-11-18(4-2)15(19)17-14-16-12-9-7-6-8-10-13(12)20-14/h3-11H2,1-2H3,(H,16,17,19). The Labute approximate surface area is 125 Å². The van der Waals surface area contributed by atoms with E-state index in [4.69, 9.17) is 0 Å². The minimum Gasteiger partial charge on any atom is -0.325 e. The number of hydrogen-bond donors (Lipinski definition) is 1. The summed E-state index contributed by atoms with van der Waals surface area (Å²) >= 11 is 1.66. The van der Waals surface area contributed by atoms with E-state index in [9.17, 15) is 4.79 Å². The molecule has 0 unspecified atom stereocenters. The lowest BCUT2D eigenvalue weighted by Gasteiger charge is -2.20. The summed E-state index contributed by atoms with van der Waals surface area (Å²) < 4.78 is 0. The highest BCUT2D eigenvalue weighted by Gasteiger charge is 2.17. The van der Waals surface area contributed by atoms with Gasteiger partial charge in [0.2, 0.25) is 0 Å². The van der Waals surface area contributed by atoms with Crippen LogP contribution in [0, 0.1) is 0 Å². The lowest BCUT2D eigenvalue weighted by Crippen LogP contribution is -2.35. The van der Waals surface area contributed by atoms with Gasteiger partial charge >= 0.3 is 6.03 Å². The predicted octanol–water partition coefficient (Wildman–Crippen LogP) is 4.07. The quantitative estimate of drug-likeness (QED) is 0.832. The molecule has 0 aromatic carbocycles. The molecule has 1 N–H and O–H groups in total. The second-order valence-corrected chi connectivity index (χ2v) is 6.40. The number of nitrogens with one attached hydrogen (secondary N) is 1. The maximum Gasteiger partial charge on any atom is 0.323 e. The van der Waals surface area contributed by atoms with Gasteiger partial charge in [-0.15, -0.1) is 11.3 Å². The van der Waals surface area contributed by atoms with Crippen LogP contribution in [-0.4, -0.2) is 29.0 Å². The number of carbonyl (C=O) groups excluding carboxylic acids is 1. The van der Waals surface area contributed by atoms with E-state index in [0.29, 0.717) is 0 Å². The van der Waals surface area contributed by atoms with Crippen LogP contribution in [0.25, 0.3) is 0 Å². The monoisotopic (exact) mass is 295 g/mol. The average molecular weight is 295 g/mol. The average Bonchev–Trinajstić information content (AvgIpc) is 2.68. The largest absolute Gasteiger partial charge is 0.325 e. The number of fused-ring (bicyclic) bond motifs is 1. The molecule has 2 amide bonds. The van der Waals surface area contributed by atoms with Crippen LogP contribution in [0.1, 0.15) is 56.5 Å². The molecule has 112 valence electrons. The van der Waals surface area contributed by atoms with E-state index in [1.54, 1.807) is 11.3 Å². The maximum atomic E-state index is 12.2. The first-order valence-electron chi connectivity index (χ1n) is 7.79. The molecule has 20 heavy (non-hydrogen) atoms. The highest BCUT2D eigenvalue weighted by Crippen LogP contribution is 2.29. The smallest absolute Gasteiger partial charge is 0.323 e. The van der Waals surface area contributed by atoms with Gasteiger partial charge < -0.3 is 4.90 Å². The van der Waals surface area contributed by atoms with Crippen LogP contribution in [0.5, 0.6) is 0 Å². The minimum atomic E-state index is -0.00939. The van der Waals surface area contributed by atoms with Crippen molar-refractivity contribution in [1.82, 2.24) is 9.88 Å². The van der Waals surface area contributed by atoms with Gasteiger partial charge in [0, 0.05) is 18.0 Å². The highest BCUT2D eigenvalue weighted by molar-refractivity contribution is 7.15. The summed E-state index contributed by atoms with van der Waals surface area (Å²) in [5.41, 5.74) is 1.21. The fraction of sp³-hybridized carbons (Fsp3) is 0.733. The highest BCUT2D eigenvalue weighted by atomic mass is 32.1. The summed E-state index contributed by atoms with van der Waals surface area (Å²) in [5, 5.41) is 3.75. The zero-order valence-electron chi connectivity index (χ0n) is 12.6. The van der Waals surface area contributed by atoms with Crippen molar-refractivity contribution in [1.29, 1.82) is 0 Å². The van der Waals surface area contributed by atoms with Crippen molar-refractivity contribution in [3.63, 3.8) is 0 Å². The number of urea groups is 1. The van der Waals surface area contributed by atoms with Crippen LogP contribution in [0.15, 0.2) is 0 Å². The van der Waals surface area contributed by atoms with Gasteiger partial charge in [0.1, 0.15) is 0 Å². The molecule has 0 spiro atoms. The summed E-state index contributed by atoms with van der Waals surface area (Å²) in [6.45, 7) is 5.73. The Hall–Kier alpha value is -1.10. The summed E-state index contributed by atoms with van der Waals surface area (Å²) in [6, 6.07) is -0.00939. The lowest BCUT2D eigenvalue weighted by atomic mass is 10.2. The normalized spacial score (nSPS) is 14.5. The Kier molecular flexibility index (Phi) is 5.83. The number of hydrogen-bond acceptors (Lipinski definition) is 3. The van der Waals surface area contributed by atoms with Crippen LogP contribution in [-0.2, 0) is 12.8 Å². The van der Waals surface area contributed by atoms with E-state index in [0.717, 1.165) is 43.9 Å². The Morgan fingerprint density at radius 1 is 1.30 bits per heavy atom. The van der Waals surface area contributed by atoms with E-state index in [1.807, 2.05) is 11.8 Å². The first kappa shape index (κ1) is 15.3. The molecule has 1 aliphatic rings. The Morgan fingerprint density at radius 3 is 2.85 bits per heavy atom. The molecule has 5 heteroatoms. The molecule has 2 rings (SSSR count). The number of nitrogens with zero attached hydrogens (tertiary/aromatic N) is 2. The van der Waals surface area contributed by atoms with Gasteiger partial charge in [-0.25, -0.2) is 9.78 Å². The number of thiazole rings is 1. The molecular weight excluding hydrogens is 270 g/mol. The van der Waals surface area contributed by atoms with Gasteiger partial charge in [-0.3, -0.25) is 5.32 Å². The van der Waals surface area contributed by atoms with Crippen molar-refractivity contribution in [2.75, 3.05) is 18.4 Å². The summed E-state index contributed by atoms with van der Waals surface area (Å²) in [4.78, 5) is 20.0. The van der Waals surface area contributed by atoms with Gasteiger partial charge in [0.15, 0.2) is 5.13 Å². The van der Waals surface area contributed by atoms with Gasteiger partial charge in [-0.1, -0.05) is 19.8 Å². The summed E-state index contributed by atoms with van der Waals surface area (Å²) in [5.74, 6) is 0. The first-order valence-corrected chi connectivity index (χ1v) is 8.60. The van der Waals surface area contributed by atoms with Crippen molar-refractivity contribution in [2.45, 2.75) is 58.8 Å². The zero-order valence-corrected chi connectivity index (χ0v) is 13.4. The molecule has 1 aromatic heterocycles. The third-order valence-electron chi connectivity index (χ3n) is 3.76. The SMILES string of the molecule is CCCCN(CC)C(=O)Nc1nc2c(s1)CCCCC2. The van der Waals surface area contributed by atoms with E-state index >= 15 is 0 Å². The summed E-state index contributed by atoms with van der Waals surface area (Å²) in [7, 11) is 0. The van der Waals surface area contributed by atoms with Crippen LogP contribution in [0.2, 0.25) is 0 Å². The van der Waals surface area contributed by atoms with Crippen molar-refractivity contribution >= 4 is 22.5 Å². The Balaban J connectivity index is 1.96. The second kappa shape index (κ2) is 7.62. The molecule has 4 nitrogen and oxygen atoms in total. The third kappa shape index (κ3) is 3.95. The van der Waals surface area contributed by atoms with Crippen molar-refractivity contribution < 1.29 is 4.79 Å². The maximum absolute atomic E-state index is 12.2. The van der Waals surface area contributed by atoms with Gasteiger partial charge in [-0.2, -0.15) is 0 Å². The van der Waals surface area contributed by atoms with Crippen LogP contribution >= 0.6 is 11.3 Å². The van der Waals surface area contributed by atoms with E-state index < -0.39 is 0 Å². The second-order valence-electron chi connectivity index (χ2n) is 5.31. The molecule has 1 heterocycles. The van der Waals surface area contributed by atoms with E-state index in [2.05, 4.69) is 17.2 Å². The number of aryl methyl sites for hydroxylation is 2. The van der Waals surface area contributed by atoms with Gasteiger partial charge in [0.25, 0.3) is 0 Å². The minimum absolute atomic E-state index is 0.00939. The molecule has 0 saturated heterocycles. The zero-order chi connectivity index (χ0) is 14.4. The van der Waals surface area contributed by atoms with E-state index in [1.165, 1.54) is 29.8 Å². The molecule has 0 radical (unpaired) electrons. The van der Waals surface area contributed by atoms with Crippen LogP contribution in [0.3, 0.4) is 0 Å².